The molecule has 1 fully saturated rings. The third-order valence-electron chi connectivity index (χ3n) is 2.15. The molecule has 0 saturated heterocycles. The van der Waals surface area contributed by atoms with E-state index < -0.39 is 13.7 Å². The summed E-state index contributed by atoms with van der Waals surface area (Å²) in [5, 5.41) is 0. The first-order chi connectivity index (χ1) is 4.35. The van der Waals surface area contributed by atoms with Crippen LogP contribution in [0.25, 0.3) is 0 Å². The maximum atomic E-state index is 10.8. The summed E-state index contributed by atoms with van der Waals surface area (Å²) in [5.41, 5.74) is 0. The van der Waals surface area contributed by atoms with Gasteiger partial charge in [0, 0.05) is 10.7 Å². The summed E-state index contributed by atoms with van der Waals surface area (Å²) in [6.07, 6.45) is 1.41. The van der Waals surface area contributed by atoms with Gasteiger partial charge in [0.2, 0.25) is 9.05 Å². The highest BCUT2D eigenvalue weighted by Gasteiger charge is 2.47. The topological polar surface area (TPSA) is 34.1 Å². The molecule has 0 amide bonds. The van der Waals surface area contributed by atoms with Crippen LogP contribution < -0.4 is 0 Å². The van der Waals surface area contributed by atoms with Crippen LogP contribution in [0.1, 0.15) is 19.8 Å². The van der Waals surface area contributed by atoms with Gasteiger partial charge in [-0.05, 0) is 18.8 Å². The van der Waals surface area contributed by atoms with Crippen LogP contribution in [-0.4, -0.2) is 20.9 Å². The van der Waals surface area contributed by atoms with Crippen molar-refractivity contribution in [3.05, 3.63) is 0 Å². The Morgan fingerprint density at radius 2 is 2.00 bits per heavy atom. The van der Waals surface area contributed by atoms with Crippen molar-refractivity contribution >= 4 is 27.6 Å². The fourth-order valence-electron chi connectivity index (χ4n) is 1.61. The van der Waals surface area contributed by atoms with Crippen LogP contribution in [0.15, 0.2) is 0 Å². The molecule has 1 rings (SSSR count). The van der Waals surface area contributed by atoms with Crippen molar-refractivity contribution in [2.45, 2.75) is 24.4 Å². The van der Waals surface area contributed by atoms with Gasteiger partial charge in [0.05, 0.1) is 4.65 Å². The van der Waals surface area contributed by atoms with Crippen LogP contribution in [0.5, 0.6) is 0 Å². The molecule has 0 heterocycles. The number of halogens is 1. The van der Waals surface area contributed by atoms with Gasteiger partial charge in [-0.2, -0.15) is 0 Å². The molecule has 2 nitrogen and oxygen atoms in total. The minimum atomic E-state index is -3.33. The van der Waals surface area contributed by atoms with Gasteiger partial charge in [0.15, 0.2) is 0 Å². The van der Waals surface area contributed by atoms with Gasteiger partial charge in [-0.1, -0.05) is 6.92 Å². The Morgan fingerprint density at radius 1 is 1.60 bits per heavy atom. The van der Waals surface area contributed by atoms with Gasteiger partial charge in [-0.25, -0.2) is 8.42 Å². The van der Waals surface area contributed by atoms with Crippen LogP contribution in [-0.2, 0) is 9.05 Å². The van der Waals surface area contributed by atoms with E-state index in [-0.39, 0.29) is 0 Å². The Hall–Kier alpha value is 0.305. The molecule has 0 unspecified atom stereocenters. The number of hydrogen-bond acceptors (Lipinski definition) is 2. The molecule has 0 aromatic heterocycles. The van der Waals surface area contributed by atoms with Gasteiger partial charge >= 0.3 is 0 Å². The fraction of sp³-hybridized carbons (Fsp3) is 1.00. The molecule has 0 aromatic rings. The number of rotatable bonds is 1. The molecular weight excluding hydrogens is 170 g/mol. The van der Waals surface area contributed by atoms with E-state index in [9.17, 15) is 8.42 Å². The third-order valence-corrected chi connectivity index (χ3v) is 4.78. The SMILES string of the molecule is B[C@]1(S(=O)(=O)Cl)C[C@H](C)C1. The summed E-state index contributed by atoms with van der Waals surface area (Å²) in [5.74, 6) is 0.513. The van der Waals surface area contributed by atoms with E-state index in [4.69, 9.17) is 10.7 Å². The maximum Gasteiger partial charge on any atom is 0.230 e. The van der Waals surface area contributed by atoms with Crippen molar-refractivity contribution in [1.29, 1.82) is 0 Å². The minimum absolute atomic E-state index is 0.513. The Labute approximate surface area is 66.8 Å². The highest BCUT2D eigenvalue weighted by atomic mass is 35.7. The van der Waals surface area contributed by atoms with Crippen molar-refractivity contribution in [3.8, 4) is 0 Å². The summed E-state index contributed by atoms with van der Waals surface area (Å²) >= 11 is 0. The monoisotopic (exact) mass is 180 g/mol. The van der Waals surface area contributed by atoms with Gasteiger partial charge in [-0.3, -0.25) is 0 Å². The molecule has 5 heteroatoms. The number of hydrogen-bond donors (Lipinski definition) is 0. The Balaban J connectivity index is 2.76. The highest BCUT2D eigenvalue weighted by molar-refractivity contribution is 8.15. The van der Waals surface area contributed by atoms with E-state index >= 15 is 0 Å². The first-order valence-electron chi connectivity index (χ1n) is 3.29. The predicted molar refractivity (Wildman–Crippen MR) is 44.4 cm³/mol. The van der Waals surface area contributed by atoms with Crippen LogP contribution in [0, 0.1) is 5.92 Å². The van der Waals surface area contributed by atoms with Crippen molar-refractivity contribution < 1.29 is 8.42 Å². The van der Waals surface area contributed by atoms with Gasteiger partial charge in [0.25, 0.3) is 0 Å². The van der Waals surface area contributed by atoms with Crippen LogP contribution in [0.3, 0.4) is 0 Å². The molecule has 1 aliphatic carbocycles. The second-order valence-corrected chi connectivity index (χ2v) is 6.48. The van der Waals surface area contributed by atoms with Crippen LogP contribution >= 0.6 is 10.7 Å². The molecule has 0 atom stereocenters. The summed E-state index contributed by atoms with van der Waals surface area (Å²) < 4.78 is 21.1. The average Bonchev–Trinajstić information content (AvgIpc) is 1.58. The quantitative estimate of drug-likeness (QED) is 0.430. The lowest BCUT2D eigenvalue weighted by atomic mass is 9.64. The molecule has 1 aliphatic rings. The summed E-state index contributed by atoms with van der Waals surface area (Å²) in [7, 11) is 3.59. The van der Waals surface area contributed by atoms with E-state index in [1.807, 2.05) is 6.92 Å². The Bertz CT molecular complexity index is 230. The maximum absolute atomic E-state index is 10.8. The van der Waals surface area contributed by atoms with Crippen LogP contribution in [0.2, 0.25) is 0 Å². The Morgan fingerprint density at radius 3 is 2.10 bits per heavy atom. The lowest BCUT2D eigenvalue weighted by molar-refractivity contribution is 0.314. The molecule has 58 valence electrons. The molecule has 1 saturated carbocycles. The van der Waals surface area contributed by atoms with E-state index in [0.29, 0.717) is 18.8 Å². The minimum Gasteiger partial charge on any atom is -0.212 e. The van der Waals surface area contributed by atoms with Crippen LogP contribution in [0.4, 0.5) is 0 Å². The average molecular weight is 180 g/mol. The van der Waals surface area contributed by atoms with Crippen molar-refractivity contribution in [1.82, 2.24) is 0 Å². The predicted octanol–water partition coefficient (Wildman–Crippen LogP) is 0.314. The fourth-order valence-corrected chi connectivity index (χ4v) is 2.96. The normalized spacial score (nSPS) is 40.8. The van der Waals surface area contributed by atoms with Gasteiger partial charge in [0.1, 0.15) is 7.85 Å². The first kappa shape index (κ1) is 8.40. The van der Waals surface area contributed by atoms with Crippen molar-refractivity contribution in [2.24, 2.45) is 5.92 Å². The van der Waals surface area contributed by atoms with E-state index in [1.54, 1.807) is 7.85 Å². The molecule has 0 N–H and O–H groups in total. The highest BCUT2D eigenvalue weighted by Crippen LogP contribution is 2.42. The van der Waals surface area contributed by atoms with Gasteiger partial charge in [-0.15, -0.1) is 0 Å². The van der Waals surface area contributed by atoms with E-state index in [1.165, 1.54) is 0 Å². The zero-order valence-electron chi connectivity index (χ0n) is 6.09. The molecule has 0 aromatic carbocycles. The molecule has 10 heavy (non-hydrogen) atoms. The smallest absolute Gasteiger partial charge is 0.212 e. The molecule has 0 bridgehead atoms. The van der Waals surface area contributed by atoms with Crippen molar-refractivity contribution in [2.75, 3.05) is 0 Å². The second-order valence-electron chi connectivity index (χ2n) is 3.40. The zero-order valence-corrected chi connectivity index (χ0v) is 7.67. The molecule has 0 radical (unpaired) electrons. The van der Waals surface area contributed by atoms with Crippen molar-refractivity contribution in [3.63, 3.8) is 0 Å². The lowest BCUT2D eigenvalue weighted by Gasteiger charge is -2.40. The third kappa shape index (κ3) is 1.19. The molecular formula is C5H10BClO2S. The van der Waals surface area contributed by atoms with Gasteiger partial charge < -0.3 is 0 Å². The zero-order chi connectivity index (χ0) is 7.99. The summed E-state index contributed by atoms with van der Waals surface area (Å²) in [4.78, 5) is 0. The molecule has 0 spiro atoms. The summed E-state index contributed by atoms with van der Waals surface area (Å²) in [6, 6.07) is 0. The Kier molecular flexibility index (Phi) is 1.80. The van der Waals surface area contributed by atoms with E-state index in [0.717, 1.165) is 0 Å². The summed E-state index contributed by atoms with van der Waals surface area (Å²) in [6.45, 7) is 2.03. The largest absolute Gasteiger partial charge is 0.230 e. The standard InChI is InChI=1S/C5H10BClO2S/c1-4-2-5(6,3-4)10(7,8)9/h4H,2-3,6H2,1H3/t4-,5-. The second kappa shape index (κ2) is 2.14. The first-order valence-corrected chi connectivity index (χ1v) is 5.60. The molecule has 0 aliphatic heterocycles. The van der Waals surface area contributed by atoms with E-state index in [2.05, 4.69) is 0 Å². The lowest BCUT2D eigenvalue weighted by Crippen LogP contribution is -2.47.